The van der Waals surface area contributed by atoms with Crippen molar-refractivity contribution < 1.29 is 9.90 Å². The van der Waals surface area contributed by atoms with Crippen LogP contribution in [0.15, 0.2) is 0 Å². The van der Waals surface area contributed by atoms with Crippen molar-refractivity contribution in [3.63, 3.8) is 0 Å². The molecule has 1 saturated carbocycles. The minimum absolute atomic E-state index is 0.00102. The lowest BCUT2D eigenvalue weighted by atomic mass is 9.93. The van der Waals surface area contributed by atoms with E-state index >= 15 is 0 Å². The summed E-state index contributed by atoms with van der Waals surface area (Å²) in [4.78, 5) is 14.5. The van der Waals surface area contributed by atoms with Gasteiger partial charge in [0.05, 0.1) is 12.1 Å². The van der Waals surface area contributed by atoms with Crippen LogP contribution < -0.4 is 5.32 Å². The molecule has 2 amide bonds. The summed E-state index contributed by atoms with van der Waals surface area (Å²) in [7, 11) is 0. The number of urea groups is 1. The fourth-order valence-electron chi connectivity index (χ4n) is 3.53. The monoisotopic (exact) mass is 340 g/mol. The van der Waals surface area contributed by atoms with Gasteiger partial charge >= 0.3 is 6.03 Å². The molecule has 0 radical (unpaired) electrons. The van der Waals surface area contributed by atoms with E-state index in [2.05, 4.69) is 26.1 Å². The van der Waals surface area contributed by atoms with E-state index in [9.17, 15) is 9.90 Å². The number of hydrogen-bond donors (Lipinski definition) is 2. The highest BCUT2D eigenvalue weighted by Gasteiger charge is 2.27. The molecule has 0 spiro atoms. The highest BCUT2D eigenvalue weighted by molar-refractivity contribution is 5.74. The molecule has 1 aliphatic rings. The lowest BCUT2D eigenvalue weighted by Gasteiger charge is -2.33. The van der Waals surface area contributed by atoms with Crippen LogP contribution in [0.3, 0.4) is 0 Å². The Morgan fingerprint density at radius 1 is 1.04 bits per heavy atom. The number of aliphatic hydroxyl groups excluding tert-OH is 1. The van der Waals surface area contributed by atoms with Crippen LogP contribution >= 0.6 is 0 Å². The molecule has 1 rings (SSSR count). The van der Waals surface area contributed by atoms with Crippen molar-refractivity contribution in [2.24, 2.45) is 0 Å². The number of unbranched alkanes of at least 4 members (excludes halogenated alkanes) is 7. The van der Waals surface area contributed by atoms with Gasteiger partial charge in [0, 0.05) is 12.6 Å². The fourth-order valence-corrected chi connectivity index (χ4v) is 3.53. The first-order valence-corrected chi connectivity index (χ1v) is 10.3. The molecule has 4 nitrogen and oxygen atoms in total. The molecule has 0 bridgehead atoms. The summed E-state index contributed by atoms with van der Waals surface area (Å²) in [6, 6.07) is 0.139. The zero-order valence-corrected chi connectivity index (χ0v) is 16.2. The smallest absolute Gasteiger partial charge is 0.317 e. The molecule has 0 heterocycles. The van der Waals surface area contributed by atoms with E-state index < -0.39 is 0 Å². The molecule has 0 aromatic heterocycles. The third kappa shape index (κ3) is 8.36. The van der Waals surface area contributed by atoms with Gasteiger partial charge in [-0.2, -0.15) is 0 Å². The van der Waals surface area contributed by atoms with Gasteiger partial charge in [0.15, 0.2) is 0 Å². The first-order chi connectivity index (χ1) is 11.6. The van der Waals surface area contributed by atoms with Crippen LogP contribution in [-0.2, 0) is 0 Å². The largest absolute Gasteiger partial charge is 0.391 e. The average Bonchev–Trinajstić information content (AvgIpc) is 2.55. The molecule has 1 fully saturated rings. The second kappa shape index (κ2) is 12.6. The van der Waals surface area contributed by atoms with Crippen LogP contribution in [0.2, 0.25) is 0 Å². The molecular weight excluding hydrogens is 300 g/mol. The predicted molar refractivity (Wildman–Crippen MR) is 101 cm³/mol. The van der Waals surface area contributed by atoms with Crippen molar-refractivity contribution in [1.82, 2.24) is 10.2 Å². The first kappa shape index (κ1) is 21.3. The summed E-state index contributed by atoms with van der Waals surface area (Å²) in [5.74, 6) is 0. The molecule has 142 valence electrons. The van der Waals surface area contributed by atoms with Gasteiger partial charge in [-0.15, -0.1) is 0 Å². The van der Waals surface area contributed by atoms with Crippen LogP contribution in [0.1, 0.15) is 97.8 Å². The normalized spacial score (nSPS) is 21.0. The Kier molecular flexibility index (Phi) is 11.1. The third-order valence-corrected chi connectivity index (χ3v) is 5.18. The average molecular weight is 341 g/mol. The van der Waals surface area contributed by atoms with E-state index in [1.807, 2.05) is 4.90 Å². The number of hydrogen-bond acceptors (Lipinski definition) is 2. The van der Waals surface area contributed by atoms with Crippen LogP contribution in [0, 0.1) is 0 Å². The Morgan fingerprint density at radius 2 is 1.62 bits per heavy atom. The third-order valence-electron chi connectivity index (χ3n) is 5.18. The lowest BCUT2D eigenvalue weighted by molar-refractivity contribution is 0.0880. The SMILES string of the molecule is CCCCCCCCCCN(C(=O)NC1CCCCC1O)C(C)C. The van der Waals surface area contributed by atoms with Gasteiger partial charge in [-0.05, 0) is 33.1 Å². The maximum absolute atomic E-state index is 12.5. The molecule has 2 atom stereocenters. The minimum atomic E-state index is -0.375. The van der Waals surface area contributed by atoms with Gasteiger partial charge in [0.2, 0.25) is 0 Å². The fraction of sp³-hybridized carbons (Fsp3) is 0.950. The van der Waals surface area contributed by atoms with E-state index in [0.29, 0.717) is 0 Å². The molecule has 1 aliphatic carbocycles. The summed E-state index contributed by atoms with van der Waals surface area (Å²) < 4.78 is 0. The topological polar surface area (TPSA) is 52.6 Å². The summed E-state index contributed by atoms with van der Waals surface area (Å²) in [5.41, 5.74) is 0. The van der Waals surface area contributed by atoms with Crippen LogP contribution in [0.25, 0.3) is 0 Å². The number of nitrogens with zero attached hydrogens (tertiary/aromatic N) is 1. The number of carbonyl (C=O) groups excluding carboxylic acids is 1. The zero-order chi connectivity index (χ0) is 17.8. The van der Waals surface area contributed by atoms with Gasteiger partial charge in [-0.25, -0.2) is 4.79 Å². The zero-order valence-electron chi connectivity index (χ0n) is 16.2. The molecule has 4 heteroatoms. The molecule has 24 heavy (non-hydrogen) atoms. The minimum Gasteiger partial charge on any atom is -0.391 e. The van der Waals surface area contributed by atoms with Crippen LogP contribution in [0.4, 0.5) is 4.79 Å². The molecule has 0 aromatic carbocycles. The second-order valence-electron chi connectivity index (χ2n) is 7.67. The molecule has 0 aliphatic heterocycles. The van der Waals surface area contributed by atoms with E-state index in [-0.39, 0.29) is 24.2 Å². The maximum atomic E-state index is 12.5. The van der Waals surface area contributed by atoms with Crippen molar-refractivity contribution in [2.75, 3.05) is 6.54 Å². The number of carbonyl (C=O) groups is 1. The van der Waals surface area contributed by atoms with E-state index in [1.165, 1.54) is 44.9 Å². The molecule has 0 saturated heterocycles. The number of aliphatic hydroxyl groups is 1. The predicted octanol–water partition coefficient (Wildman–Crippen LogP) is 4.85. The highest BCUT2D eigenvalue weighted by atomic mass is 16.3. The summed E-state index contributed by atoms with van der Waals surface area (Å²) >= 11 is 0. The van der Waals surface area contributed by atoms with Gasteiger partial charge in [0.25, 0.3) is 0 Å². The van der Waals surface area contributed by atoms with E-state index in [1.54, 1.807) is 0 Å². The van der Waals surface area contributed by atoms with Gasteiger partial charge in [-0.3, -0.25) is 0 Å². The molecular formula is C20H40N2O2. The van der Waals surface area contributed by atoms with Crippen molar-refractivity contribution in [1.29, 1.82) is 0 Å². The molecule has 2 unspecified atom stereocenters. The van der Waals surface area contributed by atoms with Crippen molar-refractivity contribution >= 4 is 6.03 Å². The van der Waals surface area contributed by atoms with E-state index in [0.717, 1.165) is 38.6 Å². The number of rotatable bonds is 11. The molecule has 2 N–H and O–H groups in total. The second-order valence-corrected chi connectivity index (χ2v) is 7.67. The quantitative estimate of drug-likeness (QED) is 0.528. The first-order valence-electron chi connectivity index (χ1n) is 10.3. The van der Waals surface area contributed by atoms with Gasteiger partial charge in [-0.1, -0.05) is 64.7 Å². The summed E-state index contributed by atoms with van der Waals surface area (Å²) in [6.07, 6.45) is 13.7. The Hall–Kier alpha value is -0.770. The van der Waals surface area contributed by atoms with E-state index in [4.69, 9.17) is 0 Å². The highest BCUT2D eigenvalue weighted by Crippen LogP contribution is 2.19. The Bertz CT molecular complexity index is 334. The standard InChI is InChI=1S/C20H40N2O2/c1-4-5-6-7-8-9-10-13-16-22(17(2)3)20(24)21-18-14-11-12-15-19(18)23/h17-19,23H,4-16H2,1-3H3,(H,21,24). The molecule has 0 aromatic rings. The lowest BCUT2D eigenvalue weighted by Crippen LogP contribution is -2.52. The van der Waals surface area contributed by atoms with Crippen molar-refractivity contribution in [3.05, 3.63) is 0 Å². The summed E-state index contributed by atoms with van der Waals surface area (Å²) in [5, 5.41) is 13.1. The van der Waals surface area contributed by atoms with Crippen molar-refractivity contribution in [2.45, 2.75) is 116 Å². The van der Waals surface area contributed by atoms with Gasteiger partial charge in [0.1, 0.15) is 0 Å². The maximum Gasteiger partial charge on any atom is 0.317 e. The van der Waals surface area contributed by atoms with Gasteiger partial charge < -0.3 is 15.3 Å². The van der Waals surface area contributed by atoms with Crippen LogP contribution in [0.5, 0.6) is 0 Å². The number of nitrogens with one attached hydrogen (secondary N) is 1. The van der Waals surface area contributed by atoms with Crippen LogP contribution in [-0.4, -0.2) is 40.8 Å². The Labute approximate surface area is 149 Å². The Balaban J connectivity index is 2.23. The van der Waals surface area contributed by atoms with Crippen molar-refractivity contribution in [3.8, 4) is 0 Å². The number of amides is 2. The Morgan fingerprint density at radius 3 is 2.21 bits per heavy atom. The summed E-state index contributed by atoms with van der Waals surface area (Å²) in [6.45, 7) is 7.21.